The minimum atomic E-state index is 0. The van der Waals surface area contributed by atoms with Crippen LogP contribution < -0.4 is 5.32 Å². The molecule has 0 saturated carbocycles. The Morgan fingerprint density at radius 3 is 2.73 bits per heavy atom. The summed E-state index contributed by atoms with van der Waals surface area (Å²) in [7, 11) is 0. The molecular formula is C9H20N2. The van der Waals surface area contributed by atoms with Crippen LogP contribution in [0.1, 0.15) is 27.1 Å². The fraction of sp³-hybridized carbons (Fsp3) is 1.00. The lowest BCUT2D eigenvalue weighted by atomic mass is 10.0. The Labute approximate surface area is 70.4 Å². The molecule has 2 heterocycles. The molecule has 1 unspecified atom stereocenters. The average molecular weight is 156 g/mol. The summed E-state index contributed by atoms with van der Waals surface area (Å²) in [6.07, 6.45) is 5.61. The largest absolute Gasteiger partial charge is 0.317 e. The van der Waals surface area contributed by atoms with Gasteiger partial charge in [-0.2, -0.15) is 0 Å². The summed E-state index contributed by atoms with van der Waals surface area (Å²) in [4.78, 5) is 2.65. The molecule has 2 rings (SSSR count). The number of likely N-dealkylation sites (tertiary alicyclic amines) is 1. The van der Waals surface area contributed by atoms with E-state index < -0.39 is 0 Å². The molecule has 2 aliphatic rings. The van der Waals surface area contributed by atoms with E-state index >= 15 is 0 Å². The van der Waals surface area contributed by atoms with Crippen molar-refractivity contribution < 1.29 is 1.43 Å². The van der Waals surface area contributed by atoms with Crippen molar-refractivity contribution in [2.24, 2.45) is 0 Å². The molecule has 0 aromatic rings. The molecule has 0 amide bonds. The van der Waals surface area contributed by atoms with Crippen LogP contribution in [0, 0.1) is 0 Å². The van der Waals surface area contributed by atoms with Crippen molar-refractivity contribution in [3.63, 3.8) is 0 Å². The molecule has 0 aromatic heterocycles. The summed E-state index contributed by atoms with van der Waals surface area (Å²) in [6.45, 7) is 5.21. The molecule has 2 aliphatic heterocycles. The summed E-state index contributed by atoms with van der Waals surface area (Å²) < 4.78 is 0. The van der Waals surface area contributed by atoms with Gasteiger partial charge in [-0.15, -0.1) is 0 Å². The Morgan fingerprint density at radius 2 is 2.00 bits per heavy atom. The van der Waals surface area contributed by atoms with E-state index in [0.29, 0.717) is 0 Å². The molecule has 0 bridgehead atoms. The first-order valence-corrected chi connectivity index (χ1v) is 4.91. The highest BCUT2D eigenvalue weighted by atomic mass is 15.2. The fourth-order valence-electron chi connectivity index (χ4n) is 2.07. The van der Waals surface area contributed by atoms with Crippen molar-refractivity contribution in [1.82, 2.24) is 10.2 Å². The molecule has 0 aromatic carbocycles. The van der Waals surface area contributed by atoms with Crippen molar-refractivity contribution >= 4 is 0 Å². The lowest BCUT2D eigenvalue weighted by Gasteiger charge is -2.37. The topological polar surface area (TPSA) is 15.3 Å². The molecule has 11 heavy (non-hydrogen) atoms. The van der Waals surface area contributed by atoms with E-state index in [2.05, 4.69) is 10.2 Å². The van der Waals surface area contributed by atoms with Crippen LogP contribution >= 0.6 is 0 Å². The molecule has 2 nitrogen and oxygen atoms in total. The first-order valence-electron chi connectivity index (χ1n) is 4.91. The molecule has 66 valence electrons. The molecule has 0 radical (unpaired) electrons. The van der Waals surface area contributed by atoms with Crippen LogP contribution in [0.3, 0.4) is 0 Å². The normalized spacial score (nSPS) is 34.4. The highest BCUT2D eigenvalue weighted by molar-refractivity contribution is 4.80. The maximum atomic E-state index is 3.45. The highest BCUT2D eigenvalue weighted by Crippen LogP contribution is 2.18. The third-order valence-corrected chi connectivity index (χ3v) is 2.95. The average Bonchev–Trinajstić information content (AvgIpc) is 2.12. The van der Waals surface area contributed by atoms with Gasteiger partial charge in [0.15, 0.2) is 0 Å². The molecule has 2 fully saturated rings. The standard InChI is InChI=1S/C9H18N2.H2/c1-3-9(4-6-10-5-1)11-7-2-8-11;/h9-10H,1-8H2;1H. The molecule has 0 aliphatic carbocycles. The quantitative estimate of drug-likeness (QED) is 0.611. The first-order chi connectivity index (χ1) is 5.47. The Bertz CT molecular complexity index is 118. The second-order valence-corrected chi connectivity index (χ2v) is 3.72. The van der Waals surface area contributed by atoms with Crippen LogP contribution in [0.2, 0.25) is 0 Å². The van der Waals surface area contributed by atoms with Crippen molar-refractivity contribution in [2.45, 2.75) is 31.7 Å². The van der Waals surface area contributed by atoms with E-state index in [1.165, 1.54) is 51.9 Å². The number of rotatable bonds is 1. The third-order valence-electron chi connectivity index (χ3n) is 2.95. The maximum Gasteiger partial charge on any atom is 0.0108 e. The van der Waals surface area contributed by atoms with Gasteiger partial charge in [-0.1, -0.05) is 0 Å². The second kappa shape index (κ2) is 3.55. The van der Waals surface area contributed by atoms with Gasteiger partial charge >= 0.3 is 0 Å². The van der Waals surface area contributed by atoms with Crippen LogP contribution in [0.4, 0.5) is 0 Å². The molecule has 2 heteroatoms. The van der Waals surface area contributed by atoms with Crippen LogP contribution in [0.5, 0.6) is 0 Å². The van der Waals surface area contributed by atoms with Gasteiger partial charge in [-0.3, -0.25) is 0 Å². The molecule has 1 atom stereocenters. The van der Waals surface area contributed by atoms with Crippen molar-refractivity contribution in [2.75, 3.05) is 26.2 Å². The summed E-state index contributed by atoms with van der Waals surface area (Å²) in [6, 6.07) is 0.916. The number of hydrogen-bond acceptors (Lipinski definition) is 2. The van der Waals surface area contributed by atoms with Gasteiger partial charge in [0.2, 0.25) is 0 Å². The maximum absolute atomic E-state index is 3.45. The minimum absolute atomic E-state index is 0. The van der Waals surface area contributed by atoms with Crippen LogP contribution in [-0.2, 0) is 0 Å². The Kier molecular flexibility index (Phi) is 2.44. The molecule has 0 spiro atoms. The van der Waals surface area contributed by atoms with E-state index in [1.807, 2.05) is 0 Å². The summed E-state index contributed by atoms with van der Waals surface area (Å²) >= 11 is 0. The van der Waals surface area contributed by atoms with Gasteiger partial charge < -0.3 is 10.2 Å². The van der Waals surface area contributed by atoms with Gasteiger partial charge in [0.1, 0.15) is 0 Å². The van der Waals surface area contributed by atoms with Crippen LogP contribution in [0.15, 0.2) is 0 Å². The lowest BCUT2D eigenvalue weighted by molar-refractivity contribution is 0.109. The van der Waals surface area contributed by atoms with Crippen LogP contribution in [-0.4, -0.2) is 37.1 Å². The summed E-state index contributed by atoms with van der Waals surface area (Å²) in [5, 5.41) is 3.45. The lowest BCUT2D eigenvalue weighted by Crippen LogP contribution is -2.45. The molecule has 1 N–H and O–H groups in total. The van der Waals surface area contributed by atoms with Gasteiger partial charge in [0.25, 0.3) is 0 Å². The van der Waals surface area contributed by atoms with Gasteiger partial charge in [0, 0.05) is 7.47 Å². The fourth-order valence-corrected chi connectivity index (χ4v) is 2.07. The monoisotopic (exact) mass is 156 g/mol. The number of nitrogens with zero attached hydrogens (tertiary/aromatic N) is 1. The van der Waals surface area contributed by atoms with Crippen molar-refractivity contribution in [1.29, 1.82) is 0 Å². The number of hydrogen-bond donors (Lipinski definition) is 1. The summed E-state index contributed by atoms with van der Waals surface area (Å²) in [5.74, 6) is 0. The Morgan fingerprint density at radius 1 is 1.09 bits per heavy atom. The smallest absolute Gasteiger partial charge is 0.0108 e. The van der Waals surface area contributed by atoms with Crippen molar-refractivity contribution in [3.8, 4) is 0 Å². The zero-order valence-corrected chi connectivity index (χ0v) is 7.18. The summed E-state index contributed by atoms with van der Waals surface area (Å²) in [5.41, 5.74) is 0. The minimum Gasteiger partial charge on any atom is -0.317 e. The Hall–Kier alpha value is -0.0800. The van der Waals surface area contributed by atoms with Crippen LogP contribution in [0.25, 0.3) is 0 Å². The highest BCUT2D eigenvalue weighted by Gasteiger charge is 2.23. The van der Waals surface area contributed by atoms with E-state index in [1.54, 1.807) is 0 Å². The second-order valence-electron chi connectivity index (χ2n) is 3.72. The van der Waals surface area contributed by atoms with Gasteiger partial charge in [-0.05, 0) is 51.9 Å². The van der Waals surface area contributed by atoms with Crippen molar-refractivity contribution in [3.05, 3.63) is 0 Å². The van der Waals surface area contributed by atoms with Gasteiger partial charge in [-0.25, -0.2) is 0 Å². The molecular weight excluding hydrogens is 136 g/mol. The van der Waals surface area contributed by atoms with E-state index in [-0.39, 0.29) is 1.43 Å². The predicted molar refractivity (Wildman–Crippen MR) is 48.8 cm³/mol. The van der Waals surface area contributed by atoms with E-state index in [9.17, 15) is 0 Å². The number of nitrogens with one attached hydrogen (secondary N) is 1. The van der Waals surface area contributed by atoms with E-state index in [4.69, 9.17) is 0 Å². The third kappa shape index (κ3) is 1.74. The van der Waals surface area contributed by atoms with E-state index in [0.717, 1.165) is 6.04 Å². The van der Waals surface area contributed by atoms with Gasteiger partial charge in [0.05, 0.1) is 0 Å². The Balaban J connectivity index is 0.000000720. The zero-order valence-electron chi connectivity index (χ0n) is 7.18. The predicted octanol–water partition coefficient (Wildman–Crippen LogP) is 1.08. The first kappa shape index (κ1) is 7.56. The SMILES string of the molecule is C1CNCCC(N2CCC2)C1.[HH]. The molecule has 2 saturated heterocycles. The zero-order chi connectivity index (χ0) is 7.52.